The summed E-state index contributed by atoms with van der Waals surface area (Å²) < 4.78 is 24.9. The number of para-hydroxylation sites is 2. The lowest BCUT2D eigenvalue weighted by atomic mass is 9.78. The van der Waals surface area contributed by atoms with Crippen LogP contribution in [-0.4, -0.2) is 25.9 Å². The first-order valence-corrected chi connectivity index (χ1v) is 13.8. The topological polar surface area (TPSA) is 67.9 Å². The molecule has 8 heteroatoms. The maximum absolute atomic E-state index is 14.1. The second-order valence-electron chi connectivity index (χ2n) is 9.78. The van der Waals surface area contributed by atoms with Crippen LogP contribution < -0.4 is 19.7 Å². The van der Waals surface area contributed by atoms with Gasteiger partial charge in [0.1, 0.15) is 5.82 Å². The van der Waals surface area contributed by atoms with Gasteiger partial charge in [0.2, 0.25) is 0 Å². The molecule has 2 unspecified atom stereocenters. The Hall–Kier alpha value is -4.43. The Bertz CT molecular complexity index is 1610. The second-order valence-corrected chi connectivity index (χ2v) is 10.7. The van der Waals surface area contributed by atoms with Crippen LogP contribution in [0, 0.1) is 5.82 Å². The largest absolute Gasteiger partial charge is 0.493 e. The minimum atomic E-state index is -0.736. The third-order valence-electron chi connectivity index (χ3n) is 7.50. The number of allylic oxidation sites excluding steroid dienone is 1. The molecule has 202 valence electrons. The molecule has 0 saturated carbocycles. The van der Waals surface area contributed by atoms with Gasteiger partial charge in [0.05, 0.1) is 36.5 Å². The lowest BCUT2D eigenvalue weighted by molar-refractivity contribution is -0.116. The van der Waals surface area contributed by atoms with Crippen LogP contribution in [-0.2, 0) is 4.79 Å². The zero-order chi connectivity index (χ0) is 27.8. The van der Waals surface area contributed by atoms with Crippen molar-refractivity contribution in [2.45, 2.75) is 24.8 Å². The van der Waals surface area contributed by atoms with Crippen molar-refractivity contribution < 1.29 is 23.5 Å². The third-order valence-corrected chi connectivity index (χ3v) is 8.36. The first-order chi connectivity index (χ1) is 19.5. The monoisotopic (exact) mass is 554 g/mol. The number of nitrogens with one attached hydrogen (secondary N) is 1. The molecule has 2 atom stereocenters. The van der Waals surface area contributed by atoms with E-state index in [1.165, 1.54) is 23.5 Å². The van der Waals surface area contributed by atoms with Crippen LogP contribution in [0.4, 0.5) is 15.8 Å². The van der Waals surface area contributed by atoms with Crippen LogP contribution in [0.2, 0.25) is 0 Å². The SMILES string of the molecule is COc1ccc(C2CC(=O)C3=C(C2)Nc2ccccc2N(C(=O)c2cccs2)C3c2ccc(F)cc2)cc1OC. The van der Waals surface area contributed by atoms with Gasteiger partial charge in [-0.2, -0.15) is 0 Å². The number of hydrogen-bond acceptors (Lipinski definition) is 6. The summed E-state index contributed by atoms with van der Waals surface area (Å²) in [6, 6.07) is 22.2. The summed E-state index contributed by atoms with van der Waals surface area (Å²) >= 11 is 1.35. The number of methoxy groups -OCH3 is 2. The van der Waals surface area contributed by atoms with E-state index in [4.69, 9.17) is 9.47 Å². The molecule has 0 bridgehead atoms. The van der Waals surface area contributed by atoms with E-state index >= 15 is 0 Å². The summed E-state index contributed by atoms with van der Waals surface area (Å²) in [5.74, 6) is 0.433. The van der Waals surface area contributed by atoms with Gasteiger partial charge >= 0.3 is 0 Å². The number of halogens is 1. The Morgan fingerprint density at radius 1 is 0.925 bits per heavy atom. The maximum Gasteiger partial charge on any atom is 0.269 e. The van der Waals surface area contributed by atoms with Gasteiger partial charge in [-0.3, -0.25) is 14.5 Å². The van der Waals surface area contributed by atoms with Gasteiger partial charge in [0, 0.05) is 17.7 Å². The molecule has 6 rings (SSSR count). The lowest BCUT2D eigenvalue weighted by Gasteiger charge is -2.35. The van der Waals surface area contributed by atoms with Crippen molar-refractivity contribution in [1.82, 2.24) is 0 Å². The first-order valence-electron chi connectivity index (χ1n) is 12.9. The van der Waals surface area contributed by atoms with Crippen LogP contribution >= 0.6 is 11.3 Å². The minimum Gasteiger partial charge on any atom is -0.493 e. The first kappa shape index (κ1) is 25.8. The lowest BCUT2D eigenvalue weighted by Crippen LogP contribution is -2.38. The van der Waals surface area contributed by atoms with Gasteiger partial charge in [-0.15, -0.1) is 11.3 Å². The number of carbonyl (C=O) groups excluding carboxylic acids is 2. The predicted molar refractivity (Wildman–Crippen MR) is 154 cm³/mol. The van der Waals surface area contributed by atoms with Crippen LogP contribution in [0.15, 0.2) is 95.5 Å². The van der Waals surface area contributed by atoms with E-state index in [1.54, 1.807) is 37.3 Å². The fraction of sp³-hybridized carbons (Fsp3) is 0.188. The number of ketones is 1. The number of hydrogen-bond donors (Lipinski definition) is 1. The fourth-order valence-corrected chi connectivity index (χ4v) is 6.30. The summed E-state index contributed by atoms with van der Waals surface area (Å²) in [4.78, 5) is 30.5. The van der Waals surface area contributed by atoms with Crippen molar-refractivity contribution in [3.05, 3.63) is 117 Å². The van der Waals surface area contributed by atoms with Crippen LogP contribution in [0.1, 0.15) is 45.6 Å². The van der Waals surface area contributed by atoms with Crippen molar-refractivity contribution in [3.8, 4) is 11.5 Å². The molecular formula is C32H27FN2O4S. The van der Waals surface area contributed by atoms with E-state index < -0.39 is 6.04 Å². The van der Waals surface area contributed by atoms with E-state index in [0.717, 1.165) is 16.9 Å². The summed E-state index contributed by atoms with van der Waals surface area (Å²) in [5.41, 5.74) is 4.27. The molecule has 3 aromatic carbocycles. The Morgan fingerprint density at radius 3 is 2.40 bits per heavy atom. The van der Waals surface area contributed by atoms with E-state index in [1.807, 2.05) is 53.9 Å². The van der Waals surface area contributed by atoms with Crippen molar-refractivity contribution >= 4 is 34.4 Å². The standard InChI is InChI=1S/C32H27FN2O4S/c1-38-27-14-11-20(18-28(27)39-2)21-16-24-30(26(36)17-21)31(19-9-12-22(33)13-10-19)35(32(37)29-8-5-15-40-29)25-7-4-3-6-23(25)34-24/h3-15,18,21,31,34H,16-17H2,1-2H3. The molecule has 6 nitrogen and oxygen atoms in total. The highest BCUT2D eigenvalue weighted by Gasteiger charge is 2.42. The number of amides is 1. The zero-order valence-electron chi connectivity index (χ0n) is 22.0. The highest BCUT2D eigenvalue weighted by atomic mass is 32.1. The Morgan fingerprint density at radius 2 is 1.68 bits per heavy atom. The molecule has 1 aliphatic carbocycles. The van der Waals surface area contributed by atoms with Gasteiger partial charge in [0.15, 0.2) is 17.3 Å². The molecular weight excluding hydrogens is 527 g/mol. The fourth-order valence-electron chi connectivity index (χ4n) is 5.64. The molecule has 0 spiro atoms. The number of rotatable bonds is 5. The molecule has 2 aliphatic rings. The minimum absolute atomic E-state index is 0.0698. The van der Waals surface area contributed by atoms with Crippen LogP contribution in [0.3, 0.4) is 0 Å². The Kier molecular flexibility index (Phi) is 6.86. The second kappa shape index (κ2) is 10.6. The number of carbonyl (C=O) groups is 2. The molecule has 1 N–H and O–H groups in total. The molecule has 0 radical (unpaired) electrons. The number of Topliss-reactive ketones (excluding diaryl/α,β-unsaturated/α-hetero) is 1. The number of nitrogens with zero attached hydrogens (tertiary/aromatic N) is 1. The molecule has 0 saturated heterocycles. The van der Waals surface area contributed by atoms with Crippen molar-refractivity contribution in [2.75, 3.05) is 24.4 Å². The average Bonchev–Trinajstić information content (AvgIpc) is 3.47. The van der Waals surface area contributed by atoms with E-state index in [9.17, 15) is 14.0 Å². The summed E-state index contributed by atoms with van der Waals surface area (Å²) in [6.45, 7) is 0. The summed E-state index contributed by atoms with van der Waals surface area (Å²) in [7, 11) is 3.18. The highest BCUT2D eigenvalue weighted by Crippen LogP contribution is 2.48. The van der Waals surface area contributed by atoms with Gasteiger partial charge in [-0.25, -0.2) is 4.39 Å². The molecule has 2 heterocycles. The zero-order valence-corrected chi connectivity index (χ0v) is 22.8. The number of anilines is 2. The normalized spacial score (nSPS) is 18.4. The highest BCUT2D eigenvalue weighted by molar-refractivity contribution is 7.12. The van der Waals surface area contributed by atoms with Gasteiger partial charge in [-0.05, 0) is 71.3 Å². The maximum atomic E-state index is 14.1. The van der Waals surface area contributed by atoms with E-state index in [2.05, 4.69) is 5.32 Å². The predicted octanol–water partition coefficient (Wildman–Crippen LogP) is 7.12. The Balaban J connectivity index is 1.52. The summed E-state index contributed by atoms with van der Waals surface area (Å²) in [6.07, 6.45) is 0.800. The number of ether oxygens (including phenoxy) is 2. The molecule has 40 heavy (non-hydrogen) atoms. The van der Waals surface area contributed by atoms with Crippen LogP contribution in [0.25, 0.3) is 0 Å². The van der Waals surface area contributed by atoms with Crippen molar-refractivity contribution in [2.24, 2.45) is 0 Å². The van der Waals surface area contributed by atoms with Gasteiger partial charge in [0.25, 0.3) is 5.91 Å². The molecule has 4 aromatic rings. The van der Waals surface area contributed by atoms with Crippen molar-refractivity contribution in [3.63, 3.8) is 0 Å². The van der Waals surface area contributed by atoms with Gasteiger partial charge < -0.3 is 14.8 Å². The van der Waals surface area contributed by atoms with E-state index in [-0.39, 0.29) is 29.8 Å². The number of thiophene rings is 1. The van der Waals surface area contributed by atoms with Crippen molar-refractivity contribution in [1.29, 1.82) is 0 Å². The van der Waals surface area contributed by atoms with E-state index in [0.29, 0.717) is 39.6 Å². The van der Waals surface area contributed by atoms with Crippen LogP contribution in [0.5, 0.6) is 11.5 Å². The Labute approximate surface area is 235 Å². The molecule has 1 amide bonds. The molecule has 0 fully saturated rings. The smallest absolute Gasteiger partial charge is 0.269 e. The summed E-state index contributed by atoms with van der Waals surface area (Å²) in [5, 5.41) is 5.38. The van der Waals surface area contributed by atoms with Gasteiger partial charge in [-0.1, -0.05) is 36.4 Å². The number of benzene rings is 3. The molecule has 1 aliphatic heterocycles. The number of fused-ring (bicyclic) bond motifs is 1. The average molecular weight is 555 g/mol. The molecule has 1 aromatic heterocycles. The third kappa shape index (κ3) is 4.54. The quantitative estimate of drug-likeness (QED) is 0.285.